The molecule has 0 radical (unpaired) electrons. The molecule has 0 aliphatic heterocycles. The van der Waals surface area contributed by atoms with E-state index in [1.54, 1.807) is 17.6 Å². The molecule has 23 heavy (non-hydrogen) atoms. The molecule has 3 aromatic heterocycles. The van der Waals surface area contributed by atoms with Gasteiger partial charge in [0.25, 0.3) is 0 Å². The third-order valence-electron chi connectivity index (χ3n) is 3.86. The van der Waals surface area contributed by atoms with Crippen LogP contribution < -0.4 is 5.32 Å². The Morgan fingerprint density at radius 2 is 2.00 bits per heavy atom. The first-order chi connectivity index (χ1) is 11.3. The summed E-state index contributed by atoms with van der Waals surface area (Å²) in [7, 11) is 0. The Labute approximate surface area is 138 Å². The fraction of sp³-hybridized carbons (Fsp3) is 0.105. The normalized spacial score (nSPS) is 11.0. The molecule has 0 aliphatic carbocycles. The van der Waals surface area contributed by atoms with Crippen LogP contribution >= 0.6 is 11.3 Å². The second kappa shape index (κ2) is 5.89. The summed E-state index contributed by atoms with van der Waals surface area (Å²) in [5.41, 5.74) is 3.71. The number of fused-ring (bicyclic) bond motifs is 1. The highest BCUT2D eigenvalue weighted by atomic mass is 32.1. The summed E-state index contributed by atoms with van der Waals surface area (Å²) < 4.78 is 6.62. The molecule has 0 amide bonds. The molecule has 1 N–H and O–H groups in total. The molecule has 0 atom stereocenters. The number of nitrogens with one attached hydrogen (secondary N) is 1. The predicted octanol–water partition coefficient (Wildman–Crippen LogP) is 5.48. The van der Waals surface area contributed by atoms with Crippen molar-refractivity contribution in [3.63, 3.8) is 0 Å². The van der Waals surface area contributed by atoms with Crippen LogP contribution in [-0.4, -0.2) is 4.98 Å². The zero-order valence-electron chi connectivity index (χ0n) is 12.7. The molecule has 0 bridgehead atoms. The second-order valence-electron chi connectivity index (χ2n) is 5.48. The van der Waals surface area contributed by atoms with Crippen LogP contribution in [0.15, 0.2) is 64.7 Å². The molecule has 4 heteroatoms. The zero-order chi connectivity index (χ0) is 15.6. The van der Waals surface area contributed by atoms with Crippen molar-refractivity contribution in [3.8, 4) is 11.1 Å². The number of furan rings is 1. The number of pyridine rings is 1. The highest BCUT2D eigenvalue weighted by Crippen LogP contribution is 2.37. The summed E-state index contributed by atoms with van der Waals surface area (Å²) >= 11 is 1.75. The maximum absolute atomic E-state index is 5.39. The van der Waals surface area contributed by atoms with Gasteiger partial charge in [0.15, 0.2) is 0 Å². The van der Waals surface area contributed by atoms with Crippen molar-refractivity contribution in [2.45, 2.75) is 13.5 Å². The summed E-state index contributed by atoms with van der Waals surface area (Å²) in [6.45, 7) is 2.73. The quantitative estimate of drug-likeness (QED) is 0.541. The van der Waals surface area contributed by atoms with Crippen LogP contribution in [0, 0.1) is 6.92 Å². The van der Waals surface area contributed by atoms with Crippen LogP contribution in [0.25, 0.3) is 21.2 Å². The molecule has 3 heterocycles. The monoisotopic (exact) mass is 320 g/mol. The van der Waals surface area contributed by atoms with Gasteiger partial charge in [0.1, 0.15) is 11.6 Å². The summed E-state index contributed by atoms with van der Waals surface area (Å²) in [5.74, 6) is 1.80. The van der Waals surface area contributed by atoms with E-state index in [1.807, 2.05) is 18.3 Å². The number of thiophene rings is 1. The van der Waals surface area contributed by atoms with E-state index >= 15 is 0 Å². The van der Waals surface area contributed by atoms with E-state index in [0.29, 0.717) is 6.54 Å². The number of benzene rings is 1. The first-order valence-corrected chi connectivity index (χ1v) is 8.39. The molecule has 0 saturated carbocycles. The van der Waals surface area contributed by atoms with Gasteiger partial charge in [-0.3, -0.25) is 0 Å². The Morgan fingerprint density at radius 3 is 2.78 bits per heavy atom. The molecule has 4 rings (SSSR count). The number of hydrogen-bond donors (Lipinski definition) is 1. The number of nitrogens with zero attached hydrogens (tertiary/aromatic N) is 1. The van der Waals surface area contributed by atoms with Gasteiger partial charge in [-0.05, 0) is 36.1 Å². The molecule has 0 aliphatic rings. The fourth-order valence-corrected chi connectivity index (χ4v) is 3.61. The molecular formula is C19H16N2OS. The third-order valence-corrected chi connectivity index (χ3v) is 4.81. The van der Waals surface area contributed by atoms with Crippen LogP contribution in [0.5, 0.6) is 0 Å². The minimum atomic E-state index is 0.627. The van der Waals surface area contributed by atoms with E-state index in [9.17, 15) is 0 Å². The molecule has 4 aromatic rings. The summed E-state index contributed by atoms with van der Waals surface area (Å²) in [5, 5.41) is 6.78. The Morgan fingerprint density at radius 1 is 1.13 bits per heavy atom. The second-order valence-corrected chi connectivity index (χ2v) is 6.39. The molecule has 0 spiro atoms. The zero-order valence-corrected chi connectivity index (χ0v) is 13.6. The van der Waals surface area contributed by atoms with Crippen molar-refractivity contribution < 1.29 is 4.42 Å². The lowest BCUT2D eigenvalue weighted by molar-refractivity contribution is 0.518. The third kappa shape index (κ3) is 2.73. The van der Waals surface area contributed by atoms with Crippen molar-refractivity contribution >= 4 is 27.2 Å². The Kier molecular flexibility index (Phi) is 3.60. The molecule has 1 aromatic carbocycles. The Bertz CT molecular complexity index is 924. The first-order valence-electron chi connectivity index (χ1n) is 7.51. The average molecular weight is 320 g/mol. The number of rotatable bonds is 4. The van der Waals surface area contributed by atoms with Crippen LogP contribution in [0.2, 0.25) is 0 Å². The van der Waals surface area contributed by atoms with Crippen molar-refractivity contribution in [3.05, 3.63) is 71.6 Å². The number of hydrogen-bond acceptors (Lipinski definition) is 4. The van der Waals surface area contributed by atoms with Crippen molar-refractivity contribution in [2.24, 2.45) is 0 Å². The van der Waals surface area contributed by atoms with E-state index in [-0.39, 0.29) is 0 Å². The summed E-state index contributed by atoms with van der Waals surface area (Å²) in [6, 6.07) is 14.5. The van der Waals surface area contributed by atoms with Crippen LogP contribution in [0.4, 0.5) is 5.82 Å². The molecule has 0 fully saturated rings. The van der Waals surface area contributed by atoms with Gasteiger partial charge in [-0.2, -0.15) is 0 Å². The lowest BCUT2D eigenvalue weighted by atomic mass is 10.0. The molecule has 0 saturated heterocycles. The van der Waals surface area contributed by atoms with E-state index in [1.165, 1.54) is 26.8 Å². The maximum atomic E-state index is 5.39. The van der Waals surface area contributed by atoms with Crippen molar-refractivity contribution in [2.75, 3.05) is 5.32 Å². The van der Waals surface area contributed by atoms with Crippen molar-refractivity contribution in [1.82, 2.24) is 4.98 Å². The van der Waals surface area contributed by atoms with Gasteiger partial charge in [0.05, 0.1) is 12.8 Å². The fourth-order valence-electron chi connectivity index (χ4n) is 2.65. The lowest BCUT2D eigenvalue weighted by Crippen LogP contribution is -2.00. The van der Waals surface area contributed by atoms with Gasteiger partial charge in [0.2, 0.25) is 0 Å². The maximum Gasteiger partial charge on any atom is 0.135 e. The smallest absolute Gasteiger partial charge is 0.135 e. The standard InChI is InChI=1S/C19H16N2OS/c1-13-4-6-14(7-5-13)16-12-23-17-8-9-20-19(18(16)17)21-11-15-3-2-10-22-15/h2-10,12H,11H2,1H3,(H,20,21). The molecule has 3 nitrogen and oxygen atoms in total. The first kappa shape index (κ1) is 14.0. The van der Waals surface area contributed by atoms with Crippen molar-refractivity contribution in [1.29, 1.82) is 0 Å². The highest BCUT2D eigenvalue weighted by molar-refractivity contribution is 7.17. The average Bonchev–Trinajstić information content (AvgIpc) is 3.23. The van der Waals surface area contributed by atoms with Gasteiger partial charge in [-0.1, -0.05) is 29.8 Å². The highest BCUT2D eigenvalue weighted by Gasteiger charge is 2.12. The van der Waals surface area contributed by atoms with Crippen LogP contribution in [0.1, 0.15) is 11.3 Å². The summed E-state index contributed by atoms with van der Waals surface area (Å²) in [6.07, 6.45) is 3.54. The van der Waals surface area contributed by atoms with Gasteiger partial charge in [0, 0.05) is 21.8 Å². The number of aromatic nitrogens is 1. The van der Waals surface area contributed by atoms with Gasteiger partial charge >= 0.3 is 0 Å². The minimum absolute atomic E-state index is 0.627. The Hall–Kier alpha value is -2.59. The lowest BCUT2D eigenvalue weighted by Gasteiger charge is -2.08. The van der Waals surface area contributed by atoms with Crippen LogP contribution in [0.3, 0.4) is 0 Å². The molecule has 114 valence electrons. The van der Waals surface area contributed by atoms with E-state index in [4.69, 9.17) is 4.42 Å². The van der Waals surface area contributed by atoms with E-state index in [2.05, 4.69) is 52.9 Å². The SMILES string of the molecule is Cc1ccc(-c2csc3ccnc(NCc4ccco4)c23)cc1. The Balaban J connectivity index is 1.75. The predicted molar refractivity (Wildman–Crippen MR) is 95.8 cm³/mol. The number of aryl methyl sites for hydroxylation is 1. The summed E-state index contributed by atoms with van der Waals surface area (Å²) in [4.78, 5) is 4.54. The topological polar surface area (TPSA) is 38.1 Å². The van der Waals surface area contributed by atoms with E-state index in [0.717, 1.165) is 11.6 Å². The van der Waals surface area contributed by atoms with Gasteiger partial charge < -0.3 is 9.73 Å². The molecular weight excluding hydrogens is 304 g/mol. The van der Waals surface area contributed by atoms with Crippen LogP contribution in [-0.2, 0) is 6.54 Å². The largest absolute Gasteiger partial charge is 0.467 e. The number of anilines is 1. The minimum Gasteiger partial charge on any atom is -0.467 e. The molecule has 0 unspecified atom stereocenters. The van der Waals surface area contributed by atoms with Gasteiger partial charge in [-0.25, -0.2) is 4.98 Å². The van der Waals surface area contributed by atoms with Gasteiger partial charge in [-0.15, -0.1) is 11.3 Å². The van der Waals surface area contributed by atoms with E-state index < -0.39 is 0 Å².